The van der Waals surface area contributed by atoms with Crippen LogP contribution in [0.3, 0.4) is 0 Å². The molecule has 0 unspecified atom stereocenters. The van der Waals surface area contributed by atoms with Gasteiger partial charge in [0.05, 0.1) is 29.4 Å². The lowest BCUT2D eigenvalue weighted by atomic mass is 10.2. The number of hydrogen-bond acceptors (Lipinski definition) is 3. The van der Waals surface area contributed by atoms with E-state index >= 15 is 0 Å². The predicted octanol–water partition coefficient (Wildman–Crippen LogP) is 2.76. The topological polar surface area (TPSA) is 61.9 Å². The normalized spacial score (nSPS) is 11.7. The second kappa shape index (κ2) is 6.42. The van der Waals surface area contributed by atoms with Crippen molar-refractivity contribution >= 4 is 17.5 Å². The van der Waals surface area contributed by atoms with Gasteiger partial charge < -0.3 is 4.90 Å². The highest BCUT2D eigenvalue weighted by Gasteiger charge is 2.16. The third-order valence-corrected chi connectivity index (χ3v) is 3.29. The first-order valence-electron chi connectivity index (χ1n) is 6.47. The number of nitrogens with zero attached hydrogens (tertiary/aromatic N) is 4. The van der Waals surface area contributed by atoms with Gasteiger partial charge in [-0.1, -0.05) is 11.6 Å². The number of halogens is 1. The fourth-order valence-corrected chi connectivity index (χ4v) is 2.05. The smallest absolute Gasteiger partial charge is 0.256 e. The summed E-state index contributed by atoms with van der Waals surface area (Å²) in [4.78, 5) is 13.8. The van der Waals surface area contributed by atoms with Crippen LogP contribution in [0.4, 0.5) is 0 Å². The molecule has 0 aliphatic carbocycles. The minimum Gasteiger partial charge on any atom is -0.340 e. The SMILES string of the molecule is C[C@@H](C#N)CN(C)C(=O)c1cnn(-c2ccc(Cl)cc2)c1. The summed E-state index contributed by atoms with van der Waals surface area (Å²) >= 11 is 5.84. The van der Waals surface area contributed by atoms with E-state index in [0.29, 0.717) is 17.1 Å². The average molecular weight is 303 g/mol. The van der Waals surface area contributed by atoms with Crippen molar-refractivity contribution < 1.29 is 4.79 Å². The third-order valence-electron chi connectivity index (χ3n) is 3.04. The molecule has 0 saturated heterocycles. The Hall–Kier alpha value is -2.32. The summed E-state index contributed by atoms with van der Waals surface area (Å²) in [7, 11) is 1.68. The molecule has 1 aromatic carbocycles. The van der Waals surface area contributed by atoms with E-state index < -0.39 is 0 Å². The number of aromatic nitrogens is 2. The number of amides is 1. The molecule has 2 aromatic rings. The molecule has 1 aromatic heterocycles. The van der Waals surface area contributed by atoms with Gasteiger partial charge in [-0.25, -0.2) is 4.68 Å². The van der Waals surface area contributed by atoms with Crippen molar-refractivity contribution in [3.63, 3.8) is 0 Å². The first-order chi connectivity index (χ1) is 10.0. The molecule has 0 fully saturated rings. The number of carbonyl (C=O) groups excluding carboxylic acids is 1. The van der Waals surface area contributed by atoms with Crippen LogP contribution < -0.4 is 0 Å². The fourth-order valence-electron chi connectivity index (χ4n) is 1.92. The summed E-state index contributed by atoms with van der Waals surface area (Å²) in [5.74, 6) is -0.359. The summed E-state index contributed by atoms with van der Waals surface area (Å²) in [6, 6.07) is 9.29. The fraction of sp³-hybridized carbons (Fsp3) is 0.267. The van der Waals surface area contributed by atoms with Crippen LogP contribution in [0, 0.1) is 17.2 Å². The summed E-state index contributed by atoms with van der Waals surface area (Å²) in [6.45, 7) is 2.17. The van der Waals surface area contributed by atoms with Crippen LogP contribution >= 0.6 is 11.6 Å². The molecule has 1 heterocycles. The average Bonchev–Trinajstić information content (AvgIpc) is 2.96. The summed E-state index contributed by atoms with van der Waals surface area (Å²) in [5.41, 5.74) is 1.31. The first-order valence-corrected chi connectivity index (χ1v) is 6.84. The highest BCUT2D eigenvalue weighted by molar-refractivity contribution is 6.30. The van der Waals surface area contributed by atoms with E-state index in [2.05, 4.69) is 11.2 Å². The number of rotatable bonds is 4. The summed E-state index contributed by atoms with van der Waals surface area (Å²) in [5, 5.41) is 13.6. The van der Waals surface area contributed by atoms with Gasteiger partial charge in [0.2, 0.25) is 0 Å². The van der Waals surface area contributed by atoms with Gasteiger partial charge in [-0.15, -0.1) is 0 Å². The Bertz CT molecular complexity index is 672. The Balaban J connectivity index is 2.14. The third kappa shape index (κ3) is 3.61. The molecule has 0 saturated carbocycles. The standard InChI is InChI=1S/C15H15ClN4O/c1-11(7-17)9-19(2)15(21)12-8-18-20(10-12)14-5-3-13(16)4-6-14/h3-6,8,10-11H,9H2,1-2H3/t11-/m0/s1. The lowest BCUT2D eigenvalue weighted by Gasteiger charge is -2.17. The highest BCUT2D eigenvalue weighted by atomic mass is 35.5. The van der Waals surface area contributed by atoms with Crippen LogP contribution in [0.5, 0.6) is 0 Å². The molecule has 0 bridgehead atoms. The Morgan fingerprint density at radius 3 is 2.76 bits per heavy atom. The summed E-state index contributed by atoms with van der Waals surface area (Å²) in [6.07, 6.45) is 3.18. The van der Waals surface area contributed by atoms with E-state index in [1.165, 1.54) is 11.1 Å². The maximum atomic E-state index is 12.2. The van der Waals surface area contributed by atoms with Crippen molar-refractivity contribution in [2.24, 2.45) is 5.92 Å². The Morgan fingerprint density at radius 2 is 2.14 bits per heavy atom. The van der Waals surface area contributed by atoms with Crippen LogP contribution in [0.1, 0.15) is 17.3 Å². The molecule has 1 amide bonds. The maximum Gasteiger partial charge on any atom is 0.256 e. The zero-order chi connectivity index (χ0) is 15.4. The molecule has 0 aliphatic rings. The Kier molecular flexibility index (Phi) is 4.61. The molecule has 2 rings (SSSR count). The first kappa shape index (κ1) is 15.1. The minimum atomic E-state index is -0.203. The second-order valence-electron chi connectivity index (χ2n) is 4.87. The molecule has 1 atom stereocenters. The quantitative estimate of drug-likeness (QED) is 0.872. The van der Waals surface area contributed by atoms with E-state index in [4.69, 9.17) is 16.9 Å². The number of hydrogen-bond donors (Lipinski definition) is 0. The maximum absolute atomic E-state index is 12.2. The van der Waals surface area contributed by atoms with E-state index in [1.807, 2.05) is 12.1 Å². The van der Waals surface area contributed by atoms with Gasteiger partial charge in [0.15, 0.2) is 0 Å². The highest BCUT2D eigenvalue weighted by Crippen LogP contribution is 2.14. The lowest BCUT2D eigenvalue weighted by molar-refractivity contribution is 0.0785. The monoisotopic (exact) mass is 302 g/mol. The van der Waals surface area contributed by atoms with Gasteiger partial charge in [-0.05, 0) is 31.2 Å². The molecule has 0 aliphatic heterocycles. The molecule has 6 heteroatoms. The van der Waals surface area contributed by atoms with Crippen LogP contribution in [0.15, 0.2) is 36.7 Å². The molecule has 108 valence electrons. The van der Waals surface area contributed by atoms with Gasteiger partial charge in [0, 0.05) is 24.8 Å². The van der Waals surface area contributed by atoms with Crippen LogP contribution in [-0.4, -0.2) is 34.2 Å². The molecule has 0 spiro atoms. The minimum absolute atomic E-state index is 0.155. The molecular weight excluding hydrogens is 288 g/mol. The molecular formula is C15H15ClN4O. The number of carbonyl (C=O) groups is 1. The predicted molar refractivity (Wildman–Crippen MR) is 80.3 cm³/mol. The van der Waals surface area contributed by atoms with E-state index in [0.717, 1.165) is 5.69 Å². The van der Waals surface area contributed by atoms with Gasteiger partial charge in [0.1, 0.15) is 0 Å². The van der Waals surface area contributed by atoms with Crippen LogP contribution in [0.25, 0.3) is 5.69 Å². The van der Waals surface area contributed by atoms with Crippen molar-refractivity contribution in [2.75, 3.05) is 13.6 Å². The molecule has 0 radical (unpaired) electrons. The largest absolute Gasteiger partial charge is 0.340 e. The summed E-state index contributed by atoms with van der Waals surface area (Å²) < 4.78 is 1.62. The number of benzene rings is 1. The van der Waals surface area contributed by atoms with Crippen molar-refractivity contribution in [3.8, 4) is 11.8 Å². The van der Waals surface area contributed by atoms with Crippen LogP contribution in [-0.2, 0) is 0 Å². The van der Waals surface area contributed by atoms with Crippen LogP contribution in [0.2, 0.25) is 5.02 Å². The van der Waals surface area contributed by atoms with Gasteiger partial charge in [0.25, 0.3) is 5.91 Å². The van der Waals surface area contributed by atoms with Crippen molar-refractivity contribution in [1.82, 2.24) is 14.7 Å². The molecule has 0 N–H and O–H groups in total. The van der Waals surface area contributed by atoms with E-state index in [1.54, 1.807) is 37.0 Å². The van der Waals surface area contributed by atoms with Gasteiger partial charge in [-0.2, -0.15) is 10.4 Å². The molecule has 21 heavy (non-hydrogen) atoms. The second-order valence-corrected chi connectivity index (χ2v) is 5.30. The van der Waals surface area contributed by atoms with Crippen molar-refractivity contribution in [2.45, 2.75) is 6.92 Å². The van der Waals surface area contributed by atoms with Gasteiger partial charge >= 0.3 is 0 Å². The van der Waals surface area contributed by atoms with Crippen molar-refractivity contribution in [3.05, 3.63) is 47.2 Å². The molecule has 5 nitrogen and oxygen atoms in total. The number of nitriles is 1. The Labute approximate surface area is 128 Å². The van der Waals surface area contributed by atoms with Crippen molar-refractivity contribution in [1.29, 1.82) is 5.26 Å². The zero-order valence-corrected chi connectivity index (χ0v) is 12.6. The Morgan fingerprint density at radius 1 is 1.48 bits per heavy atom. The van der Waals surface area contributed by atoms with Gasteiger partial charge in [-0.3, -0.25) is 4.79 Å². The van der Waals surface area contributed by atoms with E-state index in [-0.39, 0.29) is 11.8 Å². The lowest BCUT2D eigenvalue weighted by Crippen LogP contribution is -2.30. The van der Waals surface area contributed by atoms with E-state index in [9.17, 15) is 4.79 Å². The zero-order valence-electron chi connectivity index (χ0n) is 11.8.